The van der Waals surface area contributed by atoms with Crippen molar-refractivity contribution >= 4 is 85.9 Å². The predicted molar refractivity (Wildman–Crippen MR) is 236 cm³/mol. The summed E-state index contributed by atoms with van der Waals surface area (Å²) in [4.78, 5) is 0. The van der Waals surface area contributed by atoms with Gasteiger partial charge in [-0.3, -0.25) is 0 Å². The minimum Gasteiger partial charge on any atom is -0.309 e. The van der Waals surface area contributed by atoms with Gasteiger partial charge in [0.25, 0.3) is 0 Å². The summed E-state index contributed by atoms with van der Waals surface area (Å²) < 4.78 is 7.52. The van der Waals surface area contributed by atoms with Crippen LogP contribution < -0.4 is 0 Å². The molecule has 3 heterocycles. The van der Waals surface area contributed by atoms with Crippen molar-refractivity contribution in [1.82, 2.24) is 9.13 Å². The van der Waals surface area contributed by atoms with Gasteiger partial charge in [-0.2, -0.15) is 0 Å². The summed E-state index contributed by atoms with van der Waals surface area (Å²) in [6, 6.07) is 71.4. The lowest BCUT2D eigenvalue weighted by atomic mass is 9.96. The molecule has 0 saturated heterocycles. The molecule has 0 aliphatic carbocycles. The maximum absolute atomic E-state index is 2.47. The predicted octanol–water partition coefficient (Wildman–Crippen LogP) is 14.7. The fourth-order valence-corrected chi connectivity index (χ4v) is 10.3. The molecule has 3 aromatic heterocycles. The highest BCUT2D eigenvalue weighted by molar-refractivity contribution is 7.26. The summed E-state index contributed by atoms with van der Waals surface area (Å²) in [6.07, 6.45) is 0. The number of thiophene rings is 1. The van der Waals surface area contributed by atoms with E-state index in [1.54, 1.807) is 0 Å². The van der Waals surface area contributed by atoms with E-state index in [0.717, 1.165) is 0 Å². The lowest BCUT2D eigenvalue weighted by Gasteiger charge is -2.15. The van der Waals surface area contributed by atoms with Gasteiger partial charge in [0.15, 0.2) is 0 Å². The first-order chi connectivity index (χ1) is 27.3. The monoisotopic (exact) mass is 716 g/mol. The van der Waals surface area contributed by atoms with Crippen LogP contribution in [0.2, 0.25) is 0 Å². The molecule has 0 unspecified atom stereocenters. The average Bonchev–Trinajstić information content (AvgIpc) is 3.91. The maximum Gasteiger partial charge on any atom is 0.0541 e. The van der Waals surface area contributed by atoms with Crippen LogP contribution in [0.5, 0.6) is 0 Å². The number of para-hydroxylation sites is 3. The van der Waals surface area contributed by atoms with Crippen molar-refractivity contribution in [2.24, 2.45) is 0 Å². The van der Waals surface area contributed by atoms with Crippen molar-refractivity contribution in [1.29, 1.82) is 0 Å². The molecule has 0 atom stereocenters. The van der Waals surface area contributed by atoms with Crippen molar-refractivity contribution in [3.05, 3.63) is 194 Å². The summed E-state index contributed by atoms with van der Waals surface area (Å²) in [5.74, 6) is 0. The standard InChI is InChI=1S/C52H32N2S/c1-2-13-35(14-3-1)53-46-23-7-4-15-39(46)44-31-33(27-29-49(44)53)34-28-30-50-45(32-34)40-16-5-8-24-47(40)54(50)48-25-12-19-36-37(18-10-20-38(36)48)42-21-11-22-43-41-17-6-9-26-51(41)55-52(42)43/h1-32H. The van der Waals surface area contributed by atoms with Gasteiger partial charge in [0, 0.05) is 58.4 Å². The number of benzene rings is 9. The molecule has 0 N–H and O–H groups in total. The highest BCUT2D eigenvalue weighted by atomic mass is 32.1. The summed E-state index contributed by atoms with van der Waals surface area (Å²) in [6.45, 7) is 0. The Morgan fingerprint density at radius 2 is 0.836 bits per heavy atom. The van der Waals surface area contributed by atoms with Gasteiger partial charge in [0.1, 0.15) is 0 Å². The zero-order chi connectivity index (χ0) is 36.0. The van der Waals surface area contributed by atoms with Crippen LogP contribution in [0.4, 0.5) is 0 Å². The van der Waals surface area contributed by atoms with Crippen molar-refractivity contribution in [3.8, 4) is 33.6 Å². The van der Waals surface area contributed by atoms with Crippen LogP contribution in [0.3, 0.4) is 0 Å². The Morgan fingerprint density at radius 3 is 1.58 bits per heavy atom. The molecule has 0 radical (unpaired) electrons. The Labute approximate surface area is 321 Å². The van der Waals surface area contributed by atoms with Crippen LogP contribution in [0.1, 0.15) is 0 Å². The first-order valence-corrected chi connectivity index (χ1v) is 19.7. The third-order valence-electron chi connectivity index (χ3n) is 11.5. The second kappa shape index (κ2) is 11.8. The molecule has 0 amide bonds. The topological polar surface area (TPSA) is 9.86 Å². The van der Waals surface area contributed by atoms with E-state index in [0.29, 0.717) is 0 Å². The molecule has 9 aromatic carbocycles. The molecular weight excluding hydrogens is 685 g/mol. The molecular formula is C52H32N2S. The molecule has 12 rings (SSSR count). The molecule has 0 bridgehead atoms. The van der Waals surface area contributed by atoms with Crippen LogP contribution >= 0.6 is 11.3 Å². The van der Waals surface area contributed by atoms with E-state index in [4.69, 9.17) is 0 Å². The van der Waals surface area contributed by atoms with Crippen LogP contribution in [-0.4, -0.2) is 9.13 Å². The van der Waals surface area contributed by atoms with Crippen LogP contribution in [-0.2, 0) is 0 Å². The summed E-state index contributed by atoms with van der Waals surface area (Å²) in [5, 5.41) is 10.2. The lowest BCUT2D eigenvalue weighted by molar-refractivity contribution is 1.18. The maximum atomic E-state index is 2.47. The van der Waals surface area contributed by atoms with Gasteiger partial charge >= 0.3 is 0 Å². The average molecular weight is 717 g/mol. The summed E-state index contributed by atoms with van der Waals surface area (Å²) in [5.41, 5.74) is 12.2. The van der Waals surface area contributed by atoms with Gasteiger partial charge < -0.3 is 9.13 Å². The van der Waals surface area contributed by atoms with Gasteiger partial charge in [0.05, 0.1) is 27.8 Å². The fourth-order valence-electron chi connectivity index (χ4n) is 9.10. The molecule has 3 heteroatoms. The van der Waals surface area contributed by atoms with Gasteiger partial charge in [-0.05, 0) is 82.7 Å². The SMILES string of the molecule is c1ccc(-n2c3ccccc3c3cc(-c4ccc5c(c4)c4ccccc4n5-c4cccc5c(-c6cccc7c6sc6ccccc67)cccc45)ccc32)cc1. The number of fused-ring (bicyclic) bond motifs is 10. The Hall–Kier alpha value is -6.94. The zero-order valence-corrected chi connectivity index (χ0v) is 30.6. The zero-order valence-electron chi connectivity index (χ0n) is 29.8. The highest BCUT2D eigenvalue weighted by Crippen LogP contribution is 2.44. The lowest BCUT2D eigenvalue weighted by Crippen LogP contribution is -1.96. The van der Waals surface area contributed by atoms with Crippen molar-refractivity contribution in [2.75, 3.05) is 0 Å². The second-order valence-electron chi connectivity index (χ2n) is 14.5. The summed E-state index contributed by atoms with van der Waals surface area (Å²) >= 11 is 1.89. The highest BCUT2D eigenvalue weighted by Gasteiger charge is 2.19. The van der Waals surface area contributed by atoms with Crippen LogP contribution in [0.25, 0.3) is 108 Å². The number of rotatable bonds is 4. The van der Waals surface area contributed by atoms with E-state index in [1.165, 1.54) is 108 Å². The van der Waals surface area contributed by atoms with Gasteiger partial charge in [-0.15, -0.1) is 11.3 Å². The molecule has 0 fully saturated rings. The van der Waals surface area contributed by atoms with Crippen LogP contribution in [0, 0.1) is 0 Å². The van der Waals surface area contributed by atoms with E-state index in [1.807, 2.05) is 11.3 Å². The Balaban J connectivity index is 1.04. The minimum absolute atomic E-state index is 1.17. The molecule has 12 aromatic rings. The number of hydrogen-bond donors (Lipinski definition) is 0. The third kappa shape index (κ3) is 4.48. The molecule has 0 spiro atoms. The van der Waals surface area contributed by atoms with Crippen molar-refractivity contribution in [2.45, 2.75) is 0 Å². The Bertz CT molecular complexity index is 3490. The largest absolute Gasteiger partial charge is 0.309 e. The molecule has 2 nitrogen and oxygen atoms in total. The van der Waals surface area contributed by atoms with Gasteiger partial charge in [0.2, 0.25) is 0 Å². The van der Waals surface area contributed by atoms with E-state index in [9.17, 15) is 0 Å². The molecule has 0 aliphatic heterocycles. The molecule has 0 aliphatic rings. The number of nitrogens with zero attached hydrogens (tertiary/aromatic N) is 2. The normalized spacial score (nSPS) is 12.0. The van der Waals surface area contributed by atoms with Crippen molar-refractivity contribution in [3.63, 3.8) is 0 Å². The first kappa shape index (κ1) is 30.5. The summed E-state index contributed by atoms with van der Waals surface area (Å²) in [7, 11) is 0. The Kier molecular flexibility index (Phi) is 6.54. The van der Waals surface area contributed by atoms with Crippen LogP contribution in [0.15, 0.2) is 194 Å². The first-order valence-electron chi connectivity index (χ1n) is 18.9. The molecule has 55 heavy (non-hydrogen) atoms. The van der Waals surface area contributed by atoms with Gasteiger partial charge in [-0.1, -0.05) is 133 Å². The van der Waals surface area contributed by atoms with Crippen molar-refractivity contribution < 1.29 is 0 Å². The van der Waals surface area contributed by atoms with E-state index in [-0.39, 0.29) is 0 Å². The number of hydrogen-bond acceptors (Lipinski definition) is 1. The fraction of sp³-hybridized carbons (Fsp3) is 0. The van der Waals surface area contributed by atoms with Gasteiger partial charge in [-0.25, -0.2) is 0 Å². The number of aromatic nitrogens is 2. The van der Waals surface area contributed by atoms with E-state index >= 15 is 0 Å². The molecule has 256 valence electrons. The minimum atomic E-state index is 1.17. The third-order valence-corrected chi connectivity index (χ3v) is 12.7. The Morgan fingerprint density at radius 1 is 0.309 bits per heavy atom. The quantitative estimate of drug-likeness (QED) is 0.172. The van der Waals surface area contributed by atoms with E-state index in [2.05, 4.69) is 203 Å². The van der Waals surface area contributed by atoms with E-state index < -0.39 is 0 Å². The smallest absolute Gasteiger partial charge is 0.0541 e. The second-order valence-corrected chi connectivity index (χ2v) is 15.5. The molecule has 0 saturated carbocycles.